The third kappa shape index (κ3) is 2.99. The van der Waals surface area contributed by atoms with Crippen LogP contribution in [-0.2, 0) is 6.54 Å². The van der Waals surface area contributed by atoms with Gasteiger partial charge >= 0.3 is 0 Å². The summed E-state index contributed by atoms with van der Waals surface area (Å²) in [6.07, 6.45) is 3.86. The van der Waals surface area contributed by atoms with E-state index in [0.29, 0.717) is 5.92 Å². The topological polar surface area (TPSA) is 40.8 Å². The van der Waals surface area contributed by atoms with Gasteiger partial charge in [0.05, 0.1) is 17.5 Å². The first kappa shape index (κ1) is 15.8. The monoisotopic (exact) mass is 341 g/mol. The molecule has 5 heteroatoms. The molecule has 0 aliphatic carbocycles. The number of aryl methyl sites for hydroxylation is 1. The van der Waals surface area contributed by atoms with E-state index in [-0.39, 0.29) is 6.10 Å². The summed E-state index contributed by atoms with van der Waals surface area (Å²) in [7, 11) is 0. The molecular weight excluding hydrogens is 318 g/mol. The fourth-order valence-corrected chi connectivity index (χ4v) is 4.47. The minimum atomic E-state index is -0.339. The van der Waals surface area contributed by atoms with Gasteiger partial charge in [0, 0.05) is 18.1 Å². The van der Waals surface area contributed by atoms with E-state index in [1.54, 1.807) is 11.3 Å². The predicted octanol–water partition coefficient (Wildman–Crippen LogP) is 3.65. The molecule has 1 aliphatic rings. The molecule has 2 aromatic heterocycles. The molecule has 0 radical (unpaired) electrons. The third-order valence-corrected chi connectivity index (χ3v) is 5.91. The summed E-state index contributed by atoms with van der Waals surface area (Å²) < 4.78 is 2.21. The molecular formula is C19H23N3OS. The summed E-state index contributed by atoms with van der Waals surface area (Å²) in [6.45, 7) is 5.11. The second-order valence-corrected chi connectivity index (χ2v) is 7.54. The van der Waals surface area contributed by atoms with Crippen LogP contribution in [0.25, 0.3) is 4.96 Å². The molecule has 1 fully saturated rings. The smallest absolute Gasteiger partial charge is 0.194 e. The van der Waals surface area contributed by atoms with Crippen LogP contribution >= 0.6 is 11.3 Å². The number of rotatable bonds is 4. The second kappa shape index (κ2) is 6.67. The van der Waals surface area contributed by atoms with Crippen LogP contribution in [-0.4, -0.2) is 32.5 Å². The van der Waals surface area contributed by atoms with Crippen molar-refractivity contribution in [2.24, 2.45) is 5.92 Å². The number of piperidine rings is 1. The van der Waals surface area contributed by atoms with Crippen LogP contribution < -0.4 is 0 Å². The number of aromatic nitrogens is 2. The quantitative estimate of drug-likeness (QED) is 0.787. The lowest BCUT2D eigenvalue weighted by Crippen LogP contribution is -2.35. The van der Waals surface area contributed by atoms with E-state index < -0.39 is 0 Å². The normalized spacial score (nSPS) is 18.2. The summed E-state index contributed by atoms with van der Waals surface area (Å²) in [5.74, 6) is 0.358. The summed E-state index contributed by atoms with van der Waals surface area (Å²) in [5.41, 5.74) is 3.48. The number of hydrogen-bond acceptors (Lipinski definition) is 4. The van der Waals surface area contributed by atoms with E-state index in [1.165, 1.54) is 5.69 Å². The van der Waals surface area contributed by atoms with Crippen molar-refractivity contribution in [3.63, 3.8) is 0 Å². The summed E-state index contributed by atoms with van der Waals surface area (Å²) in [4.78, 5) is 8.21. The molecule has 1 aliphatic heterocycles. The SMILES string of the molecule is Cc1nc2sccn2c1CN1CCC([C@H](O)c2ccccc2)CC1. The number of fused-ring (bicyclic) bond motifs is 1. The van der Waals surface area contributed by atoms with Crippen molar-refractivity contribution >= 4 is 16.3 Å². The van der Waals surface area contributed by atoms with Gasteiger partial charge in [0.25, 0.3) is 0 Å². The summed E-state index contributed by atoms with van der Waals surface area (Å²) >= 11 is 1.69. The fraction of sp³-hybridized carbons (Fsp3) is 0.421. The highest BCUT2D eigenvalue weighted by Crippen LogP contribution is 2.31. The highest BCUT2D eigenvalue weighted by atomic mass is 32.1. The number of imidazole rings is 1. The Morgan fingerprint density at radius 3 is 2.75 bits per heavy atom. The summed E-state index contributed by atoms with van der Waals surface area (Å²) in [6, 6.07) is 10.1. The van der Waals surface area contributed by atoms with Gasteiger partial charge in [-0.3, -0.25) is 9.30 Å². The van der Waals surface area contributed by atoms with Gasteiger partial charge in [-0.15, -0.1) is 11.3 Å². The minimum Gasteiger partial charge on any atom is -0.388 e. The average Bonchev–Trinajstić information content (AvgIpc) is 3.18. The molecule has 1 aromatic carbocycles. The Kier molecular flexibility index (Phi) is 4.39. The summed E-state index contributed by atoms with van der Waals surface area (Å²) in [5, 5.41) is 12.7. The lowest BCUT2D eigenvalue weighted by atomic mass is 9.87. The number of aliphatic hydroxyl groups excluding tert-OH is 1. The Hall–Kier alpha value is -1.69. The van der Waals surface area contributed by atoms with Gasteiger partial charge in [-0.05, 0) is 44.3 Å². The number of likely N-dealkylation sites (tertiary alicyclic amines) is 1. The van der Waals surface area contributed by atoms with E-state index in [1.807, 2.05) is 30.3 Å². The highest BCUT2D eigenvalue weighted by molar-refractivity contribution is 7.15. The highest BCUT2D eigenvalue weighted by Gasteiger charge is 2.27. The molecule has 3 heterocycles. The Labute approximate surface area is 146 Å². The van der Waals surface area contributed by atoms with Gasteiger partial charge in [0.2, 0.25) is 0 Å². The lowest BCUT2D eigenvalue weighted by molar-refractivity contribution is 0.0563. The second-order valence-electron chi connectivity index (χ2n) is 6.67. The van der Waals surface area contributed by atoms with Crippen LogP contribution in [0.3, 0.4) is 0 Å². The zero-order chi connectivity index (χ0) is 16.5. The Balaban J connectivity index is 1.39. The van der Waals surface area contributed by atoms with Gasteiger partial charge in [-0.25, -0.2) is 4.98 Å². The molecule has 0 unspecified atom stereocenters. The maximum atomic E-state index is 10.6. The number of aliphatic hydroxyl groups is 1. The van der Waals surface area contributed by atoms with E-state index in [9.17, 15) is 5.11 Å². The van der Waals surface area contributed by atoms with Crippen molar-refractivity contribution in [2.45, 2.75) is 32.4 Å². The molecule has 1 atom stereocenters. The maximum Gasteiger partial charge on any atom is 0.194 e. The molecule has 1 N–H and O–H groups in total. The fourth-order valence-electron chi connectivity index (χ4n) is 3.69. The Bertz CT molecular complexity index is 803. The van der Waals surface area contributed by atoms with Crippen molar-refractivity contribution in [2.75, 3.05) is 13.1 Å². The van der Waals surface area contributed by atoms with E-state index in [4.69, 9.17) is 0 Å². The zero-order valence-corrected chi connectivity index (χ0v) is 14.7. The molecule has 3 aromatic rings. The minimum absolute atomic E-state index is 0.339. The largest absolute Gasteiger partial charge is 0.388 e. The van der Waals surface area contributed by atoms with Crippen LogP contribution in [0, 0.1) is 12.8 Å². The average molecular weight is 341 g/mol. The number of thiazole rings is 1. The van der Waals surface area contributed by atoms with E-state index in [2.05, 4.69) is 32.8 Å². The molecule has 0 amide bonds. The van der Waals surface area contributed by atoms with E-state index >= 15 is 0 Å². The van der Waals surface area contributed by atoms with Crippen LogP contribution in [0.2, 0.25) is 0 Å². The van der Waals surface area contributed by atoms with Crippen LogP contribution in [0.5, 0.6) is 0 Å². The van der Waals surface area contributed by atoms with Gasteiger partial charge in [0.1, 0.15) is 0 Å². The molecule has 24 heavy (non-hydrogen) atoms. The van der Waals surface area contributed by atoms with Gasteiger partial charge in [-0.1, -0.05) is 30.3 Å². The van der Waals surface area contributed by atoms with E-state index in [0.717, 1.165) is 48.7 Å². The maximum absolute atomic E-state index is 10.6. The van der Waals surface area contributed by atoms with Gasteiger partial charge in [-0.2, -0.15) is 0 Å². The van der Waals surface area contributed by atoms with Crippen LogP contribution in [0.4, 0.5) is 0 Å². The van der Waals surface area contributed by atoms with Gasteiger partial charge < -0.3 is 5.11 Å². The molecule has 0 spiro atoms. The third-order valence-electron chi connectivity index (χ3n) is 5.15. The molecule has 4 rings (SSSR count). The first-order chi connectivity index (χ1) is 11.7. The molecule has 126 valence electrons. The van der Waals surface area contributed by atoms with Gasteiger partial charge in [0.15, 0.2) is 4.96 Å². The molecule has 4 nitrogen and oxygen atoms in total. The standard InChI is InChI=1S/C19H23N3OS/c1-14-17(22-11-12-24-19(22)20-14)13-21-9-7-16(8-10-21)18(23)15-5-3-2-4-6-15/h2-6,11-12,16,18,23H,7-10,13H2,1H3/t18-/m1/s1. The first-order valence-corrected chi connectivity index (χ1v) is 9.47. The molecule has 1 saturated heterocycles. The van der Waals surface area contributed by atoms with Crippen molar-refractivity contribution < 1.29 is 5.11 Å². The Morgan fingerprint density at radius 1 is 1.25 bits per heavy atom. The lowest BCUT2D eigenvalue weighted by Gasteiger charge is -2.34. The van der Waals surface area contributed by atoms with Crippen molar-refractivity contribution in [1.82, 2.24) is 14.3 Å². The van der Waals surface area contributed by atoms with Crippen LogP contribution in [0.15, 0.2) is 41.9 Å². The molecule has 0 saturated carbocycles. The van der Waals surface area contributed by atoms with Crippen molar-refractivity contribution in [1.29, 1.82) is 0 Å². The predicted molar refractivity (Wildman–Crippen MR) is 97.2 cm³/mol. The zero-order valence-electron chi connectivity index (χ0n) is 13.9. The van der Waals surface area contributed by atoms with Crippen LogP contribution in [0.1, 0.15) is 35.9 Å². The van der Waals surface area contributed by atoms with Crippen molar-refractivity contribution in [3.8, 4) is 0 Å². The number of hydrogen-bond donors (Lipinski definition) is 1. The Morgan fingerprint density at radius 2 is 2.00 bits per heavy atom. The number of benzene rings is 1. The van der Waals surface area contributed by atoms with Crippen molar-refractivity contribution in [3.05, 3.63) is 58.9 Å². The number of nitrogens with zero attached hydrogens (tertiary/aromatic N) is 3. The first-order valence-electron chi connectivity index (χ1n) is 8.59. The molecule has 0 bridgehead atoms.